The number of nitrogens with two attached hydrogens (primary N) is 1. The summed E-state index contributed by atoms with van der Waals surface area (Å²) < 4.78 is 42.4. The molecule has 0 aliphatic carbocycles. The van der Waals surface area contributed by atoms with Gasteiger partial charge in [-0.1, -0.05) is 43.6 Å². The molecule has 0 bridgehead atoms. The van der Waals surface area contributed by atoms with Gasteiger partial charge in [-0.25, -0.2) is 0 Å². The van der Waals surface area contributed by atoms with Gasteiger partial charge in [-0.05, 0) is 36.1 Å². The third kappa shape index (κ3) is 4.79. The first-order valence-electron chi connectivity index (χ1n) is 7.10. The van der Waals surface area contributed by atoms with Crippen LogP contribution in [-0.4, -0.2) is 6.36 Å². The van der Waals surface area contributed by atoms with Crippen molar-refractivity contribution in [2.45, 2.75) is 26.6 Å². The van der Waals surface area contributed by atoms with Crippen molar-refractivity contribution in [3.63, 3.8) is 0 Å². The highest BCUT2D eigenvalue weighted by atomic mass is 35.5. The zero-order valence-electron chi connectivity index (χ0n) is 12.7. The van der Waals surface area contributed by atoms with Crippen LogP contribution in [0.3, 0.4) is 0 Å². The van der Waals surface area contributed by atoms with Crippen LogP contribution in [-0.2, 0) is 6.42 Å². The minimum absolute atomic E-state index is 0.262. The van der Waals surface area contributed by atoms with E-state index in [2.05, 4.69) is 4.74 Å². The number of alkyl halides is 3. The van der Waals surface area contributed by atoms with Crippen molar-refractivity contribution in [2.75, 3.05) is 5.73 Å². The van der Waals surface area contributed by atoms with E-state index in [4.69, 9.17) is 17.3 Å². The van der Waals surface area contributed by atoms with Crippen LogP contribution in [0.25, 0.3) is 11.1 Å². The minimum Gasteiger partial charge on any atom is -0.405 e. The second-order valence-corrected chi connectivity index (χ2v) is 6.12. The van der Waals surface area contributed by atoms with Gasteiger partial charge in [0.05, 0.1) is 5.02 Å². The lowest BCUT2D eigenvalue weighted by atomic mass is 9.98. The van der Waals surface area contributed by atoms with Crippen molar-refractivity contribution in [3.05, 3.63) is 47.0 Å². The molecule has 0 unspecified atom stereocenters. The third-order valence-electron chi connectivity index (χ3n) is 3.20. The van der Waals surface area contributed by atoms with Crippen LogP contribution in [0.1, 0.15) is 19.4 Å². The zero-order chi connectivity index (χ0) is 17.2. The molecule has 0 saturated carbocycles. The van der Waals surface area contributed by atoms with Crippen LogP contribution in [0.4, 0.5) is 18.9 Å². The number of halogens is 4. The molecule has 0 aliphatic rings. The maximum Gasteiger partial charge on any atom is 0.573 e. The first-order valence-corrected chi connectivity index (χ1v) is 7.47. The van der Waals surface area contributed by atoms with E-state index in [9.17, 15) is 13.2 Å². The summed E-state index contributed by atoms with van der Waals surface area (Å²) in [6.45, 7) is 3.99. The first-order chi connectivity index (χ1) is 10.7. The summed E-state index contributed by atoms with van der Waals surface area (Å²) in [4.78, 5) is 0. The predicted molar refractivity (Wildman–Crippen MR) is 86.5 cm³/mol. The lowest BCUT2D eigenvalue weighted by Gasteiger charge is -2.16. The zero-order valence-corrected chi connectivity index (χ0v) is 13.5. The molecule has 0 radical (unpaired) electrons. The highest BCUT2D eigenvalue weighted by molar-refractivity contribution is 6.33. The van der Waals surface area contributed by atoms with Crippen molar-refractivity contribution >= 4 is 17.3 Å². The second kappa shape index (κ2) is 6.71. The van der Waals surface area contributed by atoms with Gasteiger partial charge in [-0.15, -0.1) is 13.2 Å². The number of ether oxygens (including phenoxy) is 1. The second-order valence-electron chi connectivity index (χ2n) is 5.72. The van der Waals surface area contributed by atoms with Gasteiger partial charge in [-0.2, -0.15) is 0 Å². The molecule has 0 heterocycles. The Hall–Kier alpha value is -1.88. The summed E-state index contributed by atoms with van der Waals surface area (Å²) in [6.07, 6.45) is -4.12. The standard InChI is InChI=1S/C17H17ClF3NO/c1-10(2)7-11-3-5-14(16(8-11)23-17(19,20)21)13-6-4-12(22)9-15(13)18/h3-6,8-10H,7,22H2,1-2H3. The number of hydrogen-bond acceptors (Lipinski definition) is 2. The molecule has 0 amide bonds. The average Bonchev–Trinajstić information content (AvgIpc) is 2.37. The third-order valence-corrected chi connectivity index (χ3v) is 3.51. The minimum atomic E-state index is -4.77. The topological polar surface area (TPSA) is 35.2 Å². The van der Waals surface area contributed by atoms with Gasteiger partial charge in [-0.3, -0.25) is 0 Å². The summed E-state index contributed by atoms with van der Waals surface area (Å²) in [6, 6.07) is 9.45. The number of benzene rings is 2. The van der Waals surface area contributed by atoms with Crippen LogP contribution in [0.15, 0.2) is 36.4 Å². The molecule has 6 heteroatoms. The Bertz CT molecular complexity index is 699. The van der Waals surface area contributed by atoms with E-state index in [0.717, 1.165) is 5.56 Å². The molecular weight excluding hydrogens is 327 g/mol. The quantitative estimate of drug-likeness (QED) is 0.724. The molecule has 23 heavy (non-hydrogen) atoms. The summed E-state index contributed by atoms with van der Waals surface area (Å²) in [7, 11) is 0. The van der Waals surface area contributed by atoms with Crippen LogP contribution >= 0.6 is 11.6 Å². The Morgan fingerprint density at radius 1 is 1.09 bits per heavy atom. The van der Waals surface area contributed by atoms with Crippen molar-refractivity contribution < 1.29 is 17.9 Å². The molecule has 0 fully saturated rings. The van der Waals surface area contributed by atoms with Crippen molar-refractivity contribution in [1.82, 2.24) is 0 Å². The number of hydrogen-bond donors (Lipinski definition) is 1. The van der Waals surface area contributed by atoms with E-state index in [0.29, 0.717) is 23.6 Å². The molecule has 2 aromatic rings. The Morgan fingerprint density at radius 2 is 1.74 bits per heavy atom. The van der Waals surface area contributed by atoms with Crippen LogP contribution in [0.5, 0.6) is 5.75 Å². The maximum atomic E-state index is 12.7. The van der Waals surface area contributed by atoms with E-state index < -0.39 is 6.36 Å². The van der Waals surface area contributed by atoms with Gasteiger partial charge in [0.15, 0.2) is 0 Å². The molecule has 124 valence electrons. The van der Waals surface area contributed by atoms with Crippen molar-refractivity contribution in [2.24, 2.45) is 5.92 Å². The molecular formula is C17H17ClF3NO. The van der Waals surface area contributed by atoms with Gasteiger partial charge in [0.2, 0.25) is 0 Å². The predicted octanol–water partition coefficient (Wildman–Crippen LogP) is 5.69. The van der Waals surface area contributed by atoms with E-state index in [1.165, 1.54) is 12.1 Å². The molecule has 2 N–H and O–H groups in total. The highest BCUT2D eigenvalue weighted by Gasteiger charge is 2.32. The number of rotatable bonds is 4. The normalized spacial score (nSPS) is 11.8. The van der Waals surface area contributed by atoms with Gasteiger partial charge >= 0.3 is 6.36 Å². The largest absolute Gasteiger partial charge is 0.573 e. The SMILES string of the molecule is CC(C)Cc1ccc(-c2ccc(N)cc2Cl)c(OC(F)(F)F)c1. The maximum absolute atomic E-state index is 12.7. The molecule has 0 aromatic heterocycles. The summed E-state index contributed by atoms with van der Waals surface area (Å²) in [5.41, 5.74) is 7.56. The average molecular weight is 344 g/mol. The fraction of sp³-hybridized carbons (Fsp3) is 0.294. The Balaban J connectivity index is 2.52. The Kier molecular flexibility index (Phi) is 5.09. The van der Waals surface area contributed by atoms with E-state index in [1.54, 1.807) is 24.3 Å². The summed E-state index contributed by atoms with van der Waals surface area (Å²) in [5.74, 6) is 0.0574. The van der Waals surface area contributed by atoms with Gasteiger partial charge in [0, 0.05) is 16.8 Å². The van der Waals surface area contributed by atoms with E-state index in [1.807, 2.05) is 13.8 Å². The van der Waals surface area contributed by atoms with Crippen molar-refractivity contribution in [3.8, 4) is 16.9 Å². The molecule has 0 aliphatic heterocycles. The lowest BCUT2D eigenvalue weighted by molar-refractivity contribution is -0.274. The Morgan fingerprint density at radius 3 is 2.30 bits per heavy atom. The number of nitrogen functional groups attached to an aromatic ring is 1. The van der Waals surface area contributed by atoms with Crippen LogP contribution < -0.4 is 10.5 Å². The smallest absolute Gasteiger partial charge is 0.405 e. The summed E-state index contributed by atoms with van der Waals surface area (Å²) in [5, 5.41) is 0.272. The highest BCUT2D eigenvalue weighted by Crippen LogP contribution is 2.39. The number of anilines is 1. The van der Waals surface area contributed by atoms with E-state index in [-0.39, 0.29) is 16.3 Å². The molecule has 2 aromatic carbocycles. The van der Waals surface area contributed by atoms with Gasteiger partial charge < -0.3 is 10.5 Å². The van der Waals surface area contributed by atoms with E-state index >= 15 is 0 Å². The van der Waals surface area contributed by atoms with Gasteiger partial charge in [0.1, 0.15) is 5.75 Å². The molecule has 0 saturated heterocycles. The van der Waals surface area contributed by atoms with Gasteiger partial charge in [0.25, 0.3) is 0 Å². The monoisotopic (exact) mass is 343 g/mol. The lowest BCUT2D eigenvalue weighted by Crippen LogP contribution is -2.18. The fourth-order valence-corrected chi connectivity index (χ4v) is 2.64. The molecule has 2 rings (SSSR count). The molecule has 0 atom stereocenters. The Labute approximate surface area is 138 Å². The summed E-state index contributed by atoms with van der Waals surface area (Å²) >= 11 is 6.11. The molecule has 0 spiro atoms. The van der Waals surface area contributed by atoms with Crippen LogP contribution in [0.2, 0.25) is 5.02 Å². The fourth-order valence-electron chi connectivity index (χ4n) is 2.35. The van der Waals surface area contributed by atoms with Crippen molar-refractivity contribution in [1.29, 1.82) is 0 Å². The van der Waals surface area contributed by atoms with Crippen LogP contribution in [0, 0.1) is 5.92 Å². The molecule has 2 nitrogen and oxygen atoms in total. The first kappa shape index (κ1) is 17.5.